The quantitative estimate of drug-likeness (QED) is 0.859. The summed E-state index contributed by atoms with van der Waals surface area (Å²) in [5.41, 5.74) is 1.67. The van der Waals surface area contributed by atoms with Gasteiger partial charge in [0.15, 0.2) is 0 Å². The van der Waals surface area contributed by atoms with Gasteiger partial charge in [0.2, 0.25) is 0 Å². The number of nitrogens with one attached hydrogen (secondary N) is 1. The van der Waals surface area contributed by atoms with Crippen LogP contribution in [0.15, 0.2) is 48.5 Å². The average Bonchev–Trinajstić information content (AvgIpc) is 2.64. The third-order valence-corrected chi connectivity index (χ3v) is 3.12. The van der Waals surface area contributed by atoms with E-state index in [0.717, 1.165) is 11.1 Å². The van der Waals surface area contributed by atoms with Crippen molar-refractivity contribution in [1.29, 1.82) is 0 Å². The second kappa shape index (κ2) is 9.11. The monoisotopic (exact) mass is 325 g/mol. The number of rotatable bonds is 5. The highest BCUT2D eigenvalue weighted by molar-refractivity contribution is 5.67. The molecule has 0 unspecified atom stereocenters. The summed E-state index contributed by atoms with van der Waals surface area (Å²) in [5.74, 6) is 7.13. The van der Waals surface area contributed by atoms with Gasteiger partial charge in [-0.2, -0.15) is 0 Å². The van der Waals surface area contributed by atoms with Gasteiger partial charge in [0.05, 0.1) is 20.8 Å². The van der Waals surface area contributed by atoms with Gasteiger partial charge < -0.3 is 19.5 Å². The fourth-order valence-electron chi connectivity index (χ4n) is 1.92. The van der Waals surface area contributed by atoms with Crippen LogP contribution in [0.3, 0.4) is 0 Å². The molecular formula is C19H19NO4. The van der Waals surface area contributed by atoms with Crippen LogP contribution >= 0.6 is 0 Å². The molecule has 2 aromatic rings. The number of carbonyl (C=O) groups excluding carboxylic acids is 1. The topological polar surface area (TPSA) is 56.8 Å². The first-order chi connectivity index (χ1) is 11.7. The molecule has 0 bridgehead atoms. The third kappa shape index (κ3) is 5.58. The number of benzene rings is 2. The highest BCUT2D eigenvalue weighted by atomic mass is 16.5. The molecule has 0 spiro atoms. The standard InChI is InChI=1S/C19H19NO4/c1-22-17-11-16(12-18(13-17)23-2)9-6-10-20-19(21)24-14-15-7-4-3-5-8-15/h3-5,7-8,11-13H,10,14H2,1-2H3,(H,20,21). The zero-order chi connectivity index (χ0) is 17.2. The number of methoxy groups -OCH3 is 2. The summed E-state index contributed by atoms with van der Waals surface area (Å²) in [6.45, 7) is 0.417. The van der Waals surface area contributed by atoms with Crippen molar-refractivity contribution < 1.29 is 19.0 Å². The fourth-order valence-corrected chi connectivity index (χ4v) is 1.92. The van der Waals surface area contributed by atoms with Gasteiger partial charge in [-0.25, -0.2) is 4.79 Å². The summed E-state index contributed by atoms with van der Waals surface area (Å²) in [5, 5.41) is 2.58. The number of amides is 1. The van der Waals surface area contributed by atoms with E-state index < -0.39 is 6.09 Å². The number of alkyl carbamates (subject to hydrolysis) is 1. The van der Waals surface area contributed by atoms with Crippen molar-refractivity contribution in [3.63, 3.8) is 0 Å². The third-order valence-electron chi connectivity index (χ3n) is 3.12. The minimum atomic E-state index is -0.503. The number of hydrogen-bond donors (Lipinski definition) is 1. The molecule has 124 valence electrons. The largest absolute Gasteiger partial charge is 0.497 e. The zero-order valence-electron chi connectivity index (χ0n) is 13.7. The van der Waals surface area contributed by atoms with Crippen LogP contribution in [0.2, 0.25) is 0 Å². The molecule has 0 fully saturated rings. The van der Waals surface area contributed by atoms with Gasteiger partial charge in [0.25, 0.3) is 0 Å². The lowest BCUT2D eigenvalue weighted by Gasteiger charge is -2.05. The van der Waals surface area contributed by atoms with Crippen LogP contribution in [0.5, 0.6) is 11.5 Å². The summed E-state index contributed by atoms with van der Waals surface area (Å²) in [7, 11) is 3.16. The van der Waals surface area contributed by atoms with Gasteiger partial charge in [0, 0.05) is 11.6 Å². The van der Waals surface area contributed by atoms with E-state index in [-0.39, 0.29) is 13.2 Å². The minimum Gasteiger partial charge on any atom is -0.497 e. The second-order valence-electron chi connectivity index (χ2n) is 4.82. The molecule has 0 saturated carbocycles. The van der Waals surface area contributed by atoms with Crippen molar-refractivity contribution in [2.45, 2.75) is 6.61 Å². The maximum atomic E-state index is 11.6. The molecule has 5 nitrogen and oxygen atoms in total. The molecule has 2 aromatic carbocycles. The Kier molecular flexibility index (Phi) is 6.54. The predicted octanol–water partition coefficient (Wildman–Crippen LogP) is 2.98. The Balaban J connectivity index is 1.82. The zero-order valence-corrected chi connectivity index (χ0v) is 13.7. The first-order valence-corrected chi connectivity index (χ1v) is 7.38. The molecule has 1 N–H and O–H groups in total. The lowest BCUT2D eigenvalue weighted by atomic mass is 10.2. The summed E-state index contributed by atoms with van der Waals surface area (Å²) >= 11 is 0. The van der Waals surface area contributed by atoms with Crippen LogP contribution in [-0.2, 0) is 11.3 Å². The summed E-state index contributed by atoms with van der Waals surface area (Å²) < 4.78 is 15.5. The molecule has 5 heteroatoms. The van der Waals surface area contributed by atoms with Crippen LogP contribution in [0, 0.1) is 11.8 Å². The van der Waals surface area contributed by atoms with E-state index in [9.17, 15) is 4.79 Å². The molecular weight excluding hydrogens is 306 g/mol. The van der Waals surface area contributed by atoms with Gasteiger partial charge in [-0.15, -0.1) is 0 Å². The molecule has 0 atom stereocenters. The molecule has 0 aliphatic rings. The van der Waals surface area contributed by atoms with E-state index in [0.29, 0.717) is 11.5 Å². The Morgan fingerprint density at radius 3 is 2.33 bits per heavy atom. The van der Waals surface area contributed by atoms with Crippen molar-refractivity contribution in [1.82, 2.24) is 5.32 Å². The van der Waals surface area contributed by atoms with Gasteiger partial charge in [0.1, 0.15) is 18.1 Å². The molecule has 0 radical (unpaired) electrons. The SMILES string of the molecule is COc1cc(C#CCNC(=O)OCc2ccccc2)cc(OC)c1. The van der Waals surface area contributed by atoms with Crippen LogP contribution in [0.25, 0.3) is 0 Å². The van der Waals surface area contributed by atoms with Crippen LogP contribution in [-0.4, -0.2) is 26.9 Å². The Labute approximate surface area is 141 Å². The number of carbonyl (C=O) groups is 1. The molecule has 0 aromatic heterocycles. The Hall–Kier alpha value is -3.13. The maximum absolute atomic E-state index is 11.6. The van der Waals surface area contributed by atoms with Gasteiger partial charge in [-0.3, -0.25) is 0 Å². The lowest BCUT2D eigenvalue weighted by molar-refractivity contribution is 0.141. The van der Waals surface area contributed by atoms with Crippen LogP contribution in [0.4, 0.5) is 4.79 Å². The Morgan fingerprint density at radius 1 is 1.04 bits per heavy atom. The average molecular weight is 325 g/mol. The molecule has 24 heavy (non-hydrogen) atoms. The fraction of sp³-hybridized carbons (Fsp3) is 0.211. The second-order valence-corrected chi connectivity index (χ2v) is 4.82. The molecule has 0 heterocycles. The molecule has 2 rings (SSSR count). The lowest BCUT2D eigenvalue weighted by Crippen LogP contribution is -2.24. The van der Waals surface area contributed by atoms with Crippen LogP contribution < -0.4 is 14.8 Å². The van der Waals surface area contributed by atoms with Crippen molar-refractivity contribution in [3.8, 4) is 23.3 Å². The van der Waals surface area contributed by atoms with E-state index in [1.807, 2.05) is 30.3 Å². The number of ether oxygens (including phenoxy) is 3. The van der Waals surface area contributed by atoms with E-state index in [1.165, 1.54) is 0 Å². The van der Waals surface area contributed by atoms with Crippen molar-refractivity contribution >= 4 is 6.09 Å². The van der Waals surface area contributed by atoms with E-state index >= 15 is 0 Å². The highest BCUT2D eigenvalue weighted by Gasteiger charge is 2.01. The first-order valence-electron chi connectivity index (χ1n) is 7.38. The Bertz CT molecular complexity index is 710. The highest BCUT2D eigenvalue weighted by Crippen LogP contribution is 2.21. The van der Waals surface area contributed by atoms with Gasteiger partial charge in [-0.05, 0) is 17.7 Å². The van der Waals surface area contributed by atoms with Gasteiger partial charge >= 0.3 is 6.09 Å². The predicted molar refractivity (Wildman–Crippen MR) is 91.1 cm³/mol. The molecule has 0 aliphatic heterocycles. The van der Waals surface area contributed by atoms with Crippen molar-refractivity contribution in [3.05, 3.63) is 59.7 Å². The van der Waals surface area contributed by atoms with Gasteiger partial charge in [-0.1, -0.05) is 42.2 Å². The first kappa shape index (κ1) is 17.2. The van der Waals surface area contributed by atoms with E-state index in [1.54, 1.807) is 32.4 Å². The molecule has 0 saturated heterocycles. The normalized spacial score (nSPS) is 9.42. The summed E-state index contributed by atoms with van der Waals surface area (Å²) in [6, 6.07) is 14.8. The molecule has 0 aliphatic carbocycles. The smallest absolute Gasteiger partial charge is 0.408 e. The molecule has 1 amide bonds. The summed E-state index contributed by atoms with van der Waals surface area (Å²) in [4.78, 5) is 11.6. The van der Waals surface area contributed by atoms with Crippen molar-refractivity contribution in [2.24, 2.45) is 0 Å². The Morgan fingerprint density at radius 2 is 1.71 bits per heavy atom. The van der Waals surface area contributed by atoms with E-state index in [4.69, 9.17) is 14.2 Å². The van der Waals surface area contributed by atoms with Crippen molar-refractivity contribution in [2.75, 3.05) is 20.8 Å². The van der Waals surface area contributed by atoms with Crippen LogP contribution in [0.1, 0.15) is 11.1 Å². The maximum Gasteiger partial charge on any atom is 0.408 e. The minimum absolute atomic E-state index is 0.188. The van der Waals surface area contributed by atoms with E-state index in [2.05, 4.69) is 17.2 Å². The summed E-state index contributed by atoms with van der Waals surface area (Å²) in [6.07, 6.45) is -0.503. The number of hydrogen-bond acceptors (Lipinski definition) is 4.